The van der Waals surface area contributed by atoms with Gasteiger partial charge in [0.25, 0.3) is 0 Å². The highest BCUT2D eigenvalue weighted by Gasteiger charge is 1.94. The molecule has 0 saturated heterocycles. The molecule has 0 spiro atoms. The average Bonchev–Trinajstić information content (AvgIpc) is 2.12. The van der Waals surface area contributed by atoms with Gasteiger partial charge in [-0.05, 0) is 32.0 Å². The summed E-state index contributed by atoms with van der Waals surface area (Å²) in [6.45, 7) is 5.57. The molecule has 78 valence electrons. The van der Waals surface area contributed by atoms with Gasteiger partial charge in [-0.3, -0.25) is 0 Å². The zero-order valence-corrected chi connectivity index (χ0v) is 9.34. The van der Waals surface area contributed by atoms with Gasteiger partial charge >= 0.3 is 0 Å². The van der Waals surface area contributed by atoms with Gasteiger partial charge in [-0.2, -0.15) is 0 Å². The Hall–Kier alpha value is -0.730. The topological polar surface area (TPSA) is 21.3 Å². The van der Waals surface area contributed by atoms with Crippen LogP contribution in [0.2, 0.25) is 5.02 Å². The third-order valence-electron chi connectivity index (χ3n) is 1.71. The Kier molecular flexibility index (Phi) is 4.77. The molecule has 0 atom stereocenters. The number of halogens is 1. The van der Waals surface area contributed by atoms with Crippen molar-refractivity contribution in [3.8, 4) is 0 Å². The van der Waals surface area contributed by atoms with Crippen LogP contribution in [0.15, 0.2) is 24.3 Å². The van der Waals surface area contributed by atoms with Gasteiger partial charge in [0, 0.05) is 17.3 Å². The average molecular weight is 214 g/mol. The van der Waals surface area contributed by atoms with Crippen molar-refractivity contribution in [3.63, 3.8) is 0 Å². The molecule has 0 aliphatic heterocycles. The number of hydrogen-bond donors (Lipinski definition) is 1. The third kappa shape index (κ3) is 4.49. The molecule has 0 aromatic heterocycles. The van der Waals surface area contributed by atoms with Crippen LogP contribution in [-0.4, -0.2) is 19.3 Å². The monoisotopic (exact) mass is 213 g/mol. The number of ether oxygens (including phenoxy) is 1. The highest BCUT2D eigenvalue weighted by atomic mass is 35.5. The van der Waals surface area contributed by atoms with E-state index in [1.807, 2.05) is 38.1 Å². The summed E-state index contributed by atoms with van der Waals surface area (Å²) in [6, 6.07) is 7.67. The van der Waals surface area contributed by atoms with Crippen molar-refractivity contribution in [2.75, 3.05) is 18.5 Å². The van der Waals surface area contributed by atoms with Crippen molar-refractivity contribution < 1.29 is 4.74 Å². The molecule has 0 fully saturated rings. The molecular weight excluding hydrogens is 198 g/mol. The maximum atomic E-state index is 5.84. The van der Waals surface area contributed by atoms with Crippen LogP contribution in [0.3, 0.4) is 0 Å². The molecule has 2 nitrogen and oxygen atoms in total. The van der Waals surface area contributed by atoms with E-state index in [9.17, 15) is 0 Å². The second kappa shape index (κ2) is 5.89. The van der Waals surface area contributed by atoms with Gasteiger partial charge in [-0.1, -0.05) is 17.7 Å². The SMILES string of the molecule is CC(C)OCCNc1cccc(Cl)c1. The summed E-state index contributed by atoms with van der Waals surface area (Å²) in [5, 5.41) is 3.98. The second-order valence-electron chi connectivity index (χ2n) is 3.36. The molecule has 0 bridgehead atoms. The van der Waals surface area contributed by atoms with Crippen LogP contribution in [0, 0.1) is 0 Å². The molecule has 1 aromatic carbocycles. The first-order chi connectivity index (χ1) is 6.68. The maximum Gasteiger partial charge on any atom is 0.0642 e. The Morgan fingerprint density at radius 3 is 2.86 bits per heavy atom. The molecule has 0 aliphatic carbocycles. The van der Waals surface area contributed by atoms with Crippen LogP contribution in [0.1, 0.15) is 13.8 Å². The van der Waals surface area contributed by atoms with E-state index < -0.39 is 0 Å². The standard InChI is InChI=1S/C11H16ClNO/c1-9(2)14-7-6-13-11-5-3-4-10(12)8-11/h3-5,8-9,13H,6-7H2,1-2H3. The fourth-order valence-corrected chi connectivity index (χ4v) is 1.28. The summed E-state index contributed by atoms with van der Waals surface area (Å²) >= 11 is 5.84. The molecule has 1 N–H and O–H groups in total. The minimum atomic E-state index is 0.288. The van der Waals surface area contributed by atoms with E-state index in [2.05, 4.69) is 5.32 Å². The maximum absolute atomic E-state index is 5.84. The number of anilines is 1. The molecule has 0 saturated carbocycles. The van der Waals surface area contributed by atoms with Crippen molar-refractivity contribution >= 4 is 17.3 Å². The van der Waals surface area contributed by atoms with Crippen molar-refractivity contribution in [1.82, 2.24) is 0 Å². The normalized spacial score (nSPS) is 10.6. The van der Waals surface area contributed by atoms with E-state index >= 15 is 0 Å². The molecule has 0 radical (unpaired) electrons. The van der Waals surface area contributed by atoms with E-state index in [1.165, 1.54) is 0 Å². The third-order valence-corrected chi connectivity index (χ3v) is 1.94. The summed E-state index contributed by atoms with van der Waals surface area (Å²) in [5.74, 6) is 0. The second-order valence-corrected chi connectivity index (χ2v) is 3.79. The first kappa shape index (κ1) is 11.3. The Labute approximate surface area is 90.2 Å². The van der Waals surface area contributed by atoms with Gasteiger partial charge in [0.1, 0.15) is 0 Å². The van der Waals surface area contributed by atoms with Gasteiger partial charge in [-0.15, -0.1) is 0 Å². The Bertz CT molecular complexity index is 276. The zero-order chi connectivity index (χ0) is 10.4. The van der Waals surface area contributed by atoms with Crippen molar-refractivity contribution in [1.29, 1.82) is 0 Å². The molecule has 0 aliphatic rings. The molecule has 0 amide bonds. The van der Waals surface area contributed by atoms with Gasteiger partial charge in [0.2, 0.25) is 0 Å². The van der Waals surface area contributed by atoms with Crippen LogP contribution in [-0.2, 0) is 4.74 Å². The van der Waals surface area contributed by atoms with E-state index in [0.29, 0.717) is 6.61 Å². The van der Waals surface area contributed by atoms with Crippen LogP contribution in [0.5, 0.6) is 0 Å². The number of nitrogens with one attached hydrogen (secondary N) is 1. The van der Waals surface area contributed by atoms with E-state index in [4.69, 9.17) is 16.3 Å². The zero-order valence-electron chi connectivity index (χ0n) is 8.59. The van der Waals surface area contributed by atoms with E-state index in [1.54, 1.807) is 0 Å². The number of hydrogen-bond acceptors (Lipinski definition) is 2. The van der Waals surface area contributed by atoms with E-state index in [-0.39, 0.29) is 6.10 Å². The van der Waals surface area contributed by atoms with E-state index in [0.717, 1.165) is 17.3 Å². The fraction of sp³-hybridized carbons (Fsp3) is 0.455. The molecule has 1 aromatic rings. The quantitative estimate of drug-likeness (QED) is 0.759. The fourth-order valence-electron chi connectivity index (χ4n) is 1.09. The predicted molar refractivity (Wildman–Crippen MR) is 61.0 cm³/mol. The first-order valence-electron chi connectivity index (χ1n) is 4.79. The lowest BCUT2D eigenvalue weighted by Gasteiger charge is -2.09. The number of benzene rings is 1. The van der Waals surface area contributed by atoms with Crippen LogP contribution in [0.4, 0.5) is 5.69 Å². The van der Waals surface area contributed by atoms with Gasteiger partial charge in [0.15, 0.2) is 0 Å². The summed E-state index contributed by atoms with van der Waals surface area (Å²) in [4.78, 5) is 0. The summed E-state index contributed by atoms with van der Waals surface area (Å²) in [7, 11) is 0. The minimum Gasteiger partial charge on any atom is -0.383 e. The smallest absolute Gasteiger partial charge is 0.0642 e. The molecule has 0 unspecified atom stereocenters. The predicted octanol–water partition coefficient (Wildman–Crippen LogP) is 3.18. The summed E-state index contributed by atoms with van der Waals surface area (Å²) < 4.78 is 5.40. The van der Waals surface area contributed by atoms with Crippen molar-refractivity contribution in [2.24, 2.45) is 0 Å². The lowest BCUT2D eigenvalue weighted by atomic mass is 10.3. The van der Waals surface area contributed by atoms with Crippen LogP contribution < -0.4 is 5.32 Å². The number of rotatable bonds is 5. The molecule has 14 heavy (non-hydrogen) atoms. The largest absolute Gasteiger partial charge is 0.383 e. The van der Waals surface area contributed by atoms with Crippen LogP contribution in [0.25, 0.3) is 0 Å². The molecule has 3 heteroatoms. The Morgan fingerprint density at radius 1 is 1.43 bits per heavy atom. The Morgan fingerprint density at radius 2 is 2.21 bits per heavy atom. The van der Waals surface area contributed by atoms with Gasteiger partial charge in [0.05, 0.1) is 12.7 Å². The van der Waals surface area contributed by atoms with Crippen molar-refractivity contribution in [3.05, 3.63) is 29.3 Å². The van der Waals surface area contributed by atoms with Gasteiger partial charge in [-0.25, -0.2) is 0 Å². The lowest BCUT2D eigenvalue weighted by molar-refractivity contribution is 0.0870. The minimum absolute atomic E-state index is 0.288. The highest BCUT2D eigenvalue weighted by Crippen LogP contribution is 2.14. The van der Waals surface area contributed by atoms with Crippen LogP contribution >= 0.6 is 11.6 Å². The molecule has 1 rings (SSSR count). The summed E-state index contributed by atoms with van der Waals surface area (Å²) in [6.07, 6.45) is 0.288. The lowest BCUT2D eigenvalue weighted by Crippen LogP contribution is -2.13. The Balaban J connectivity index is 2.25. The van der Waals surface area contributed by atoms with Crippen molar-refractivity contribution in [2.45, 2.75) is 20.0 Å². The van der Waals surface area contributed by atoms with Gasteiger partial charge < -0.3 is 10.1 Å². The first-order valence-corrected chi connectivity index (χ1v) is 5.17. The highest BCUT2D eigenvalue weighted by molar-refractivity contribution is 6.30. The molecule has 0 heterocycles. The molecular formula is C11H16ClNO. The summed E-state index contributed by atoms with van der Waals surface area (Å²) in [5.41, 5.74) is 1.03.